The number of benzene rings is 1. The van der Waals surface area contributed by atoms with E-state index in [1.807, 2.05) is 42.2 Å². The number of anilines is 1. The Hall–Kier alpha value is -2.37. The average Bonchev–Trinajstić information content (AvgIpc) is 3.20. The van der Waals surface area contributed by atoms with Crippen molar-refractivity contribution in [2.24, 2.45) is 5.41 Å². The highest BCUT2D eigenvalue weighted by Crippen LogP contribution is 2.53. The first-order valence-corrected chi connectivity index (χ1v) is 8.60. The summed E-state index contributed by atoms with van der Waals surface area (Å²) in [5.41, 5.74) is 1.44. The van der Waals surface area contributed by atoms with Crippen LogP contribution in [0.5, 0.6) is 0 Å². The largest absolute Gasteiger partial charge is 0.341 e. The van der Waals surface area contributed by atoms with Gasteiger partial charge in [-0.1, -0.05) is 18.2 Å². The molecule has 1 atom stereocenters. The van der Waals surface area contributed by atoms with Gasteiger partial charge in [-0.25, -0.2) is 0 Å². The van der Waals surface area contributed by atoms with Gasteiger partial charge in [0, 0.05) is 18.7 Å². The minimum absolute atomic E-state index is 0.108. The van der Waals surface area contributed by atoms with Gasteiger partial charge in [0.25, 0.3) is 11.8 Å². The number of carbonyl (C=O) groups excluding carboxylic acids is 1. The molecule has 2 aromatic rings. The molecule has 6 nitrogen and oxygen atoms in total. The summed E-state index contributed by atoms with van der Waals surface area (Å²) >= 11 is 0. The second-order valence-electron chi connectivity index (χ2n) is 6.98. The summed E-state index contributed by atoms with van der Waals surface area (Å²) in [6, 6.07) is 9.23. The molecule has 0 unspecified atom stereocenters. The van der Waals surface area contributed by atoms with Gasteiger partial charge in [-0.3, -0.25) is 4.79 Å². The third-order valence-electron chi connectivity index (χ3n) is 5.26. The van der Waals surface area contributed by atoms with Gasteiger partial charge in [-0.05, 0) is 55.3 Å². The van der Waals surface area contributed by atoms with Crippen molar-refractivity contribution in [2.45, 2.75) is 38.6 Å². The number of hydrogen-bond donors (Lipinski definition) is 1. The monoisotopic (exact) mass is 326 g/mol. The summed E-state index contributed by atoms with van der Waals surface area (Å²) in [6.45, 7) is 3.58. The number of likely N-dealkylation sites (tertiary alicyclic amines) is 1. The maximum absolute atomic E-state index is 12.6. The molecule has 1 aliphatic carbocycles. The second-order valence-corrected chi connectivity index (χ2v) is 6.98. The molecule has 1 spiro atoms. The fourth-order valence-corrected chi connectivity index (χ4v) is 3.39. The second kappa shape index (κ2) is 5.92. The lowest BCUT2D eigenvalue weighted by Crippen LogP contribution is -2.45. The Bertz CT molecular complexity index is 714. The van der Waals surface area contributed by atoms with Crippen LogP contribution in [0.3, 0.4) is 0 Å². The highest BCUT2D eigenvalue weighted by Gasteiger charge is 2.45. The van der Waals surface area contributed by atoms with E-state index in [1.165, 1.54) is 12.8 Å². The Labute approximate surface area is 141 Å². The van der Waals surface area contributed by atoms with Crippen LogP contribution in [0.4, 0.5) is 5.95 Å². The van der Waals surface area contributed by atoms with Crippen molar-refractivity contribution < 1.29 is 9.32 Å². The van der Waals surface area contributed by atoms with Crippen molar-refractivity contribution in [3.05, 3.63) is 30.3 Å². The molecule has 4 rings (SSSR count). The quantitative estimate of drug-likeness (QED) is 0.935. The predicted octanol–water partition coefficient (Wildman–Crippen LogP) is 2.94. The van der Waals surface area contributed by atoms with E-state index in [2.05, 4.69) is 15.5 Å². The molecule has 1 aliphatic heterocycles. The summed E-state index contributed by atoms with van der Waals surface area (Å²) in [5, 5.41) is 6.98. The Morgan fingerprint density at radius 2 is 1.92 bits per heavy atom. The molecule has 2 fully saturated rings. The van der Waals surface area contributed by atoms with Gasteiger partial charge in [0.1, 0.15) is 6.04 Å². The molecule has 1 saturated carbocycles. The highest BCUT2D eigenvalue weighted by molar-refractivity contribution is 5.84. The van der Waals surface area contributed by atoms with Gasteiger partial charge in [0.15, 0.2) is 0 Å². The number of amides is 1. The molecule has 24 heavy (non-hydrogen) atoms. The number of carbonyl (C=O) groups is 1. The number of nitrogens with zero attached hydrogens (tertiary/aromatic N) is 3. The SMILES string of the molecule is C[C@H](Nc1noc(-c2ccccc2)n1)C(=O)N1CCC2(CC1)CC2. The molecule has 1 N–H and O–H groups in total. The normalized spacial score (nSPS) is 20.0. The molecule has 1 aromatic heterocycles. The molecule has 126 valence electrons. The van der Waals surface area contributed by atoms with Crippen LogP contribution in [0.2, 0.25) is 0 Å². The summed E-state index contributed by atoms with van der Waals surface area (Å²) in [7, 11) is 0. The fraction of sp³-hybridized carbons (Fsp3) is 0.500. The molecule has 6 heteroatoms. The van der Waals surface area contributed by atoms with Gasteiger partial charge in [-0.15, -0.1) is 0 Å². The third-order valence-corrected chi connectivity index (χ3v) is 5.26. The van der Waals surface area contributed by atoms with E-state index in [1.54, 1.807) is 0 Å². The van der Waals surface area contributed by atoms with Crippen LogP contribution >= 0.6 is 0 Å². The van der Waals surface area contributed by atoms with Crippen LogP contribution in [0, 0.1) is 5.41 Å². The zero-order chi connectivity index (χ0) is 16.6. The lowest BCUT2D eigenvalue weighted by atomic mass is 9.93. The van der Waals surface area contributed by atoms with E-state index >= 15 is 0 Å². The number of aromatic nitrogens is 2. The van der Waals surface area contributed by atoms with E-state index < -0.39 is 0 Å². The van der Waals surface area contributed by atoms with Crippen molar-refractivity contribution >= 4 is 11.9 Å². The molecule has 1 saturated heterocycles. The lowest BCUT2D eigenvalue weighted by molar-refractivity contribution is -0.133. The van der Waals surface area contributed by atoms with Crippen molar-refractivity contribution in [1.82, 2.24) is 15.0 Å². The zero-order valence-corrected chi connectivity index (χ0v) is 13.9. The van der Waals surface area contributed by atoms with Gasteiger partial charge in [0.2, 0.25) is 5.91 Å². The van der Waals surface area contributed by atoms with Crippen molar-refractivity contribution in [2.75, 3.05) is 18.4 Å². The lowest BCUT2D eigenvalue weighted by Gasteiger charge is -2.33. The first-order valence-electron chi connectivity index (χ1n) is 8.60. The van der Waals surface area contributed by atoms with Crippen LogP contribution in [0.15, 0.2) is 34.9 Å². The minimum Gasteiger partial charge on any atom is -0.341 e. The maximum atomic E-state index is 12.6. The molecule has 0 bridgehead atoms. The number of nitrogens with one attached hydrogen (secondary N) is 1. The van der Waals surface area contributed by atoms with Crippen LogP contribution in [-0.2, 0) is 4.79 Å². The summed E-state index contributed by atoms with van der Waals surface area (Å²) in [6.07, 6.45) is 4.97. The van der Waals surface area contributed by atoms with Crippen LogP contribution in [0.1, 0.15) is 32.6 Å². The number of piperidine rings is 1. The van der Waals surface area contributed by atoms with E-state index in [4.69, 9.17) is 4.52 Å². The minimum atomic E-state index is -0.362. The van der Waals surface area contributed by atoms with Crippen molar-refractivity contribution in [3.8, 4) is 11.5 Å². The molecule has 1 amide bonds. The predicted molar refractivity (Wildman–Crippen MR) is 90.3 cm³/mol. The van der Waals surface area contributed by atoms with Crippen LogP contribution in [-0.4, -0.2) is 40.1 Å². The highest BCUT2D eigenvalue weighted by atomic mass is 16.5. The summed E-state index contributed by atoms with van der Waals surface area (Å²) in [5.74, 6) is 0.910. The standard InChI is InChI=1S/C18H22N4O2/c1-13(16(23)22-11-9-18(7-8-18)10-12-22)19-17-20-15(24-21-17)14-5-3-2-4-6-14/h2-6,13H,7-12H2,1H3,(H,19,21)/t13-/m0/s1. The molecule has 2 aliphatic rings. The molecular formula is C18H22N4O2. The summed E-state index contributed by atoms with van der Waals surface area (Å²) in [4.78, 5) is 18.9. The number of hydrogen-bond acceptors (Lipinski definition) is 5. The molecule has 2 heterocycles. The Morgan fingerprint density at radius 3 is 2.58 bits per heavy atom. The molecular weight excluding hydrogens is 304 g/mol. The Kier molecular flexibility index (Phi) is 3.75. The topological polar surface area (TPSA) is 71.3 Å². The van der Waals surface area contributed by atoms with Gasteiger partial charge in [0.05, 0.1) is 0 Å². The van der Waals surface area contributed by atoms with Gasteiger partial charge < -0.3 is 14.7 Å². The van der Waals surface area contributed by atoms with Crippen LogP contribution in [0.25, 0.3) is 11.5 Å². The smallest absolute Gasteiger partial charge is 0.264 e. The van der Waals surface area contributed by atoms with Crippen LogP contribution < -0.4 is 5.32 Å². The van der Waals surface area contributed by atoms with E-state index in [0.717, 1.165) is 31.5 Å². The number of rotatable bonds is 4. The van der Waals surface area contributed by atoms with Gasteiger partial charge >= 0.3 is 0 Å². The summed E-state index contributed by atoms with van der Waals surface area (Å²) < 4.78 is 5.26. The first-order chi connectivity index (χ1) is 11.7. The van der Waals surface area contributed by atoms with Crippen molar-refractivity contribution in [1.29, 1.82) is 0 Å². The van der Waals surface area contributed by atoms with E-state index in [0.29, 0.717) is 17.3 Å². The van der Waals surface area contributed by atoms with Crippen molar-refractivity contribution in [3.63, 3.8) is 0 Å². The first kappa shape index (κ1) is 15.2. The molecule has 0 radical (unpaired) electrons. The van der Waals surface area contributed by atoms with E-state index in [-0.39, 0.29) is 11.9 Å². The fourth-order valence-electron chi connectivity index (χ4n) is 3.39. The Balaban J connectivity index is 1.36. The Morgan fingerprint density at radius 1 is 1.21 bits per heavy atom. The molecule has 1 aromatic carbocycles. The van der Waals surface area contributed by atoms with E-state index in [9.17, 15) is 4.79 Å². The van der Waals surface area contributed by atoms with Gasteiger partial charge in [-0.2, -0.15) is 4.98 Å². The zero-order valence-electron chi connectivity index (χ0n) is 13.9. The average molecular weight is 326 g/mol. The third kappa shape index (κ3) is 3.00. The maximum Gasteiger partial charge on any atom is 0.264 e.